The maximum Gasteiger partial charge on any atom is 1.00 e. The van der Waals surface area contributed by atoms with Crippen molar-refractivity contribution in [2.75, 3.05) is 19.8 Å². The minimum atomic E-state index is -4.24. The standard InChI is InChI=1S/C17H32O7S.Na.H/c1-4-7-8-9-10-13-24-25(20,21)15(17(19)23-12-6-3)14-16(18)22-11-5-2;;/h15H,4-14H2,1-3H3;;/q;+1;-1. The summed E-state index contributed by atoms with van der Waals surface area (Å²) >= 11 is 0. The number of carbonyl (C=O) groups excluding carboxylic acids is 2. The molecule has 0 saturated heterocycles. The van der Waals surface area contributed by atoms with Gasteiger partial charge < -0.3 is 10.9 Å². The molecule has 0 fully saturated rings. The van der Waals surface area contributed by atoms with Crippen molar-refractivity contribution in [3.05, 3.63) is 0 Å². The first kappa shape index (κ1) is 28.1. The quantitative estimate of drug-likeness (QED) is 0.165. The van der Waals surface area contributed by atoms with Gasteiger partial charge in [0.25, 0.3) is 10.1 Å². The van der Waals surface area contributed by atoms with Gasteiger partial charge in [-0.25, -0.2) is 0 Å². The second kappa shape index (κ2) is 17.0. The Bertz CT molecular complexity index is 486. The fourth-order valence-electron chi connectivity index (χ4n) is 1.99. The summed E-state index contributed by atoms with van der Waals surface area (Å²) in [7, 11) is -4.24. The van der Waals surface area contributed by atoms with Crippen molar-refractivity contribution in [2.24, 2.45) is 0 Å². The van der Waals surface area contributed by atoms with Crippen LogP contribution in [-0.4, -0.2) is 45.4 Å². The number of ether oxygens (including phenoxy) is 2. The predicted molar refractivity (Wildman–Crippen MR) is 95.6 cm³/mol. The number of hydrogen-bond acceptors (Lipinski definition) is 7. The molecule has 26 heavy (non-hydrogen) atoms. The Morgan fingerprint density at radius 2 is 1.42 bits per heavy atom. The van der Waals surface area contributed by atoms with E-state index < -0.39 is 33.7 Å². The van der Waals surface area contributed by atoms with Crippen molar-refractivity contribution in [3.8, 4) is 0 Å². The van der Waals surface area contributed by atoms with Gasteiger partial charge in [0.05, 0.1) is 26.2 Å². The number of carbonyl (C=O) groups is 2. The molecule has 0 aromatic rings. The molecule has 0 aliphatic carbocycles. The number of hydrogen-bond donors (Lipinski definition) is 0. The third kappa shape index (κ3) is 13.1. The van der Waals surface area contributed by atoms with E-state index in [9.17, 15) is 18.0 Å². The molecule has 0 aromatic heterocycles. The molecule has 1 unspecified atom stereocenters. The van der Waals surface area contributed by atoms with Crippen LogP contribution in [0.25, 0.3) is 0 Å². The first-order valence-electron chi connectivity index (χ1n) is 9.09. The van der Waals surface area contributed by atoms with Gasteiger partial charge in [0.2, 0.25) is 0 Å². The normalized spacial score (nSPS) is 12.1. The summed E-state index contributed by atoms with van der Waals surface area (Å²) in [4.78, 5) is 23.8. The van der Waals surface area contributed by atoms with Crippen LogP contribution < -0.4 is 29.6 Å². The van der Waals surface area contributed by atoms with Gasteiger partial charge in [0.15, 0.2) is 5.25 Å². The molecule has 9 heteroatoms. The van der Waals surface area contributed by atoms with Gasteiger partial charge in [0, 0.05) is 0 Å². The zero-order chi connectivity index (χ0) is 19.1. The predicted octanol–water partition coefficient (Wildman–Crippen LogP) is 0.0848. The molecule has 150 valence electrons. The van der Waals surface area contributed by atoms with E-state index in [-0.39, 0.29) is 50.8 Å². The Morgan fingerprint density at radius 3 is 2.00 bits per heavy atom. The maximum atomic E-state index is 12.3. The summed E-state index contributed by atoms with van der Waals surface area (Å²) in [6.07, 6.45) is 5.18. The van der Waals surface area contributed by atoms with E-state index in [1.807, 2.05) is 6.92 Å². The van der Waals surface area contributed by atoms with Crippen molar-refractivity contribution in [2.45, 2.75) is 77.4 Å². The molecule has 0 spiro atoms. The average molecular weight is 405 g/mol. The largest absolute Gasteiger partial charge is 1.00 e. The van der Waals surface area contributed by atoms with E-state index in [4.69, 9.17) is 13.7 Å². The van der Waals surface area contributed by atoms with Gasteiger partial charge in [-0.05, 0) is 19.3 Å². The molecule has 0 heterocycles. The van der Waals surface area contributed by atoms with Crippen LogP contribution in [-0.2, 0) is 33.4 Å². The van der Waals surface area contributed by atoms with Crippen LogP contribution in [0, 0.1) is 0 Å². The van der Waals surface area contributed by atoms with E-state index in [2.05, 4.69) is 6.92 Å². The summed E-state index contributed by atoms with van der Waals surface area (Å²) in [6.45, 7) is 5.95. The first-order chi connectivity index (χ1) is 11.9. The molecular weight excluding hydrogens is 371 g/mol. The Kier molecular flexibility index (Phi) is 18.3. The van der Waals surface area contributed by atoms with Crippen LogP contribution >= 0.6 is 0 Å². The average Bonchev–Trinajstić information content (AvgIpc) is 2.58. The molecule has 0 N–H and O–H groups in total. The van der Waals surface area contributed by atoms with Crippen LogP contribution in [0.5, 0.6) is 0 Å². The van der Waals surface area contributed by atoms with Gasteiger partial charge in [-0.15, -0.1) is 0 Å². The van der Waals surface area contributed by atoms with Crippen LogP contribution in [0.1, 0.15) is 73.6 Å². The second-order valence-corrected chi connectivity index (χ2v) is 7.60. The Hall–Kier alpha value is -0.150. The fourth-order valence-corrected chi connectivity index (χ4v) is 3.15. The van der Waals surface area contributed by atoms with Crippen molar-refractivity contribution < 1.29 is 62.6 Å². The topological polar surface area (TPSA) is 96.0 Å². The van der Waals surface area contributed by atoms with Gasteiger partial charge >= 0.3 is 41.5 Å². The summed E-state index contributed by atoms with van der Waals surface area (Å²) < 4.78 is 39.3. The number of unbranched alkanes of at least 4 members (excludes halogenated alkanes) is 4. The molecule has 0 rings (SSSR count). The Balaban J connectivity index is -0.00000288. The van der Waals surface area contributed by atoms with Crippen LogP contribution in [0.15, 0.2) is 0 Å². The molecule has 0 saturated carbocycles. The van der Waals surface area contributed by atoms with Gasteiger partial charge in [-0.1, -0.05) is 46.5 Å². The summed E-state index contributed by atoms with van der Waals surface area (Å²) in [6, 6.07) is 0. The van der Waals surface area contributed by atoms with Crippen LogP contribution in [0.4, 0.5) is 0 Å². The van der Waals surface area contributed by atoms with E-state index in [0.717, 1.165) is 25.7 Å². The summed E-state index contributed by atoms with van der Waals surface area (Å²) in [5, 5.41) is -1.68. The molecule has 0 aliphatic rings. The SMILES string of the molecule is CCCCCCCOS(=O)(=O)C(CC(=O)OCCC)C(=O)OCCC.[H-].[Na+]. The Morgan fingerprint density at radius 1 is 0.846 bits per heavy atom. The number of rotatable bonds is 15. The third-order valence-corrected chi connectivity index (χ3v) is 4.93. The number of esters is 2. The van der Waals surface area contributed by atoms with Gasteiger partial charge in [-0.3, -0.25) is 13.8 Å². The zero-order valence-electron chi connectivity index (χ0n) is 17.6. The van der Waals surface area contributed by atoms with Crippen molar-refractivity contribution >= 4 is 22.1 Å². The van der Waals surface area contributed by atoms with E-state index in [1.54, 1.807) is 6.92 Å². The van der Waals surface area contributed by atoms with Crippen molar-refractivity contribution in [3.63, 3.8) is 0 Å². The van der Waals surface area contributed by atoms with Crippen molar-refractivity contribution in [1.82, 2.24) is 0 Å². The first-order valence-corrected chi connectivity index (χ1v) is 10.6. The molecule has 7 nitrogen and oxygen atoms in total. The van der Waals surface area contributed by atoms with E-state index in [0.29, 0.717) is 19.3 Å². The van der Waals surface area contributed by atoms with E-state index in [1.165, 1.54) is 0 Å². The summed E-state index contributed by atoms with van der Waals surface area (Å²) in [5.74, 6) is -1.73. The molecule has 0 radical (unpaired) electrons. The Labute approximate surface area is 181 Å². The van der Waals surface area contributed by atoms with Crippen LogP contribution in [0.2, 0.25) is 0 Å². The van der Waals surface area contributed by atoms with E-state index >= 15 is 0 Å². The zero-order valence-corrected chi connectivity index (χ0v) is 19.4. The van der Waals surface area contributed by atoms with Crippen LogP contribution in [0.3, 0.4) is 0 Å². The molecule has 0 amide bonds. The molecule has 1 atom stereocenters. The fraction of sp³-hybridized carbons (Fsp3) is 0.882. The molecule has 0 aliphatic heterocycles. The molecule has 0 bridgehead atoms. The summed E-state index contributed by atoms with van der Waals surface area (Å²) in [5.41, 5.74) is 0. The third-order valence-electron chi connectivity index (χ3n) is 3.37. The van der Waals surface area contributed by atoms with Gasteiger partial charge in [-0.2, -0.15) is 8.42 Å². The molecule has 0 aromatic carbocycles. The molecular formula is C17H33NaO7S. The maximum absolute atomic E-state index is 12.3. The minimum Gasteiger partial charge on any atom is -1.00 e. The smallest absolute Gasteiger partial charge is 1.00 e. The van der Waals surface area contributed by atoms with Gasteiger partial charge in [0.1, 0.15) is 0 Å². The van der Waals surface area contributed by atoms with Crippen molar-refractivity contribution in [1.29, 1.82) is 0 Å². The second-order valence-electron chi connectivity index (χ2n) is 5.81. The monoisotopic (exact) mass is 404 g/mol. The minimum absolute atomic E-state index is 0.